The zero-order valence-corrected chi connectivity index (χ0v) is 27.4. The molecule has 1 aliphatic carbocycles. The summed E-state index contributed by atoms with van der Waals surface area (Å²) < 4.78 is 15.2. The maximum Gasteiger partial charge on any atom is 0.347 e. The Labute approximate surface area is 284 Å². The van der Waals surface area contributed by atoms with Gasteiger partial charge in [-0.25, -0.2) is 23.5 Å². The molecule has 4 aromatic rings. The second kappa shape index (κ2) is 12.0. The van der Waals surface area contributed by atoms with Crippen LogP contribution in [0.5, 0.6) is 11.5 Å². The number of hydrazine groups is 1. The number of halogens is 2. The van der Waals surface area contributed by atoms with Crippen LogP contribution in [0.2, 0.25) is 10.0 Å². The lowest BCUT2D eigenvalue weighted by Crippen LogP contribution is -2.53. The molecule has 1 saturated carbocycles. The summed E-state index contributed by atoms with van der Waals surface area (Å²) in [5.41, 5.74) is 2.48. The van der Waals surface area contributed by atoms with Gasteiger partial charge in [-0.15, -0.1) is 0 Å². The molecular formula is C34H31Cl2N5O7. The molecule has 3 heterocycles. The van der Waals surface area contributed by atoms with Crippen LogP contribution in [0.3, 0.4) is 0 Å². The highest BCUT2D eigenvalue weighted by Crippen LogP contribution is 2.63. The summed E-state index contributed by atoms with van der Waals surface area (Å²) in [6.07, 6.45) is 1.90. The minimum Gasteiger partial charge on any atom is -0.497 e. The molecule has 0 radical (unpaired) electrons. The number of aliphatic hydroxyl groups is 1. The van der Waals surface area contributed by atoms with Crippen molar-refractivity contribution in [1.29, 1.82) is 0 Å². The molecule has 0 unspecified atom stereocenters. The molecule has 3 aromatic carbocycles. The van der Waals surface area contributed by atoms with E-state index in [1.807, 2.05) is 12.1 Å². The van der Waals surface area contributed by atoms with Gasteiger partial charge in [-0.05, 0) is 54.0 Å². The number of allylic oxidation sites excluding steroid dienone is 2. The van der Waals surface area contributed by atoms with Gasteiger partial charge in [0, 0.05) is 23.6 Å². The quantitative estimate of drug-likeness (QED) is 0.211. The first-order valence-corrected chi connectivity index (χ1v) is 16.0. The van der Waals surface area contributed by atoms with Gasteiger partial charge in [0.05, 0.1) is 48.3 Å². The van der Waals surface area contributed by atoms with Crippen LogP contribution < -0.4 is 26.3 Å². The summed E-state index contributed by atoms with van der Waals surface area (Å²) in [6, 6.07) is 18.1. The lowest BCUT2D eigenvalue weighted by molar-refractivity contribution is -0.138. The number of fused-ring (bicyclic) bond motifs is 4. The van der Waals surface area contributed by atoms with Gasteiger partial charge >= 0.3 is 11.4 Å². The standard InChI is InChI=1S/C34H31Cl2N5O7/c1-38-32(45)39-14-13-22-27(41(39)33(38)46)18-24-30(43)40(37-26-12-9-20(35)17-25(26)36)31(44)34(24,19-7-10-21(47-2)11-8-19)29(22)23-5-3-4-6-28(23)48-16-15-42/h3-13,17,24,27,29,37,42H,14-16,18H2,1-2H3/t24-,27+,29+,34+/m0/s1. The van der Waals surface area contributed by atoms with Gasteiger partial charge in [0.2, 0.25) is 0 Å². The Morgan fingerprint density at radius 1 is 1.00 bits per heavy atom. The minimum absolute atomic E-state index is 0.0154. The average molecular weight is 693 g/mol. The van der Waals surface area contributed by atoms with Crippen molar-refractivity contribution < 1.29 is 24.2 Å². The maximum atomic E-state index is 15.3. The number of imide groups is 1. The van der Waals surface area contributed by atoms with Crippen molar-refractivity contribution in [2.24, 2.45) is 13.0 Å². The lowest BCUT2D eigenvalue weighted by atomic mass is 9.53. The molecule has 48 heavy (non-hydrogen) atoms. The highest BCUT2D eigenvalue weighted by molar-refractivity contribution is 6.36. The van der Waals surface area contributed by atoms with Gasteiger partial charge in [-0.1, -0.05) is 59.6 Å². The molecule has 2 amide bonds. The first-order valence-electron chi connectivity index (χ1n) is 15.3. The predicted molar refractivity (Wildman–Crippen MR) is 178 cm³/mol. The number of rotatable bonds is 8. The normalized spacial score (nSPS) is 22.9. The number of benzene rings is 3. The molecule has 14 heteroatoms. The summed E-state index contributed by atoms with van der Waals surface area (Å²) in [5.74, 6) is -2.00. The molecule has 0 bridgehead atoms. The smallest absolute Gasteiger partial charge is 0.347 e. The van der Waals surface area contributed by atoms with Crippen LogP contribution in [0.25, 0.3) is 0 Å². The number of aliphatic hydroxyl groups excluding tert-OH is 1. The molecule has 0 spiro atoms. The van der Waals surface area contributed by atoms with Gasteiger partial charge in [0.1, 0.15) is 18.1 Å². The van der Waals surface area contributed by atoms with Crippen LogP contribution in [0, 0.1) is 5.92 Å². The molecule has 1 saturated heterocycles. The lowest BCUT2D eigenvalue weighted by Gasteiger charge is -2.49. The molecule has 1 aromatic heterocycles. The van der Waals surface area contributed by atoms with Crippen molar-refractivity contribution in [2.45, 2.75) is 30.3 Å². The van der Waals surface area contributed by atoms with E-state index in [4.69, 9.17) is 32.7 Å². The van der Waals surface area contributed by atoms with Crippen molar-refractivity contribution in [3.8, 4) is 11.5 Å². The fourth-order valence-electron chi connectivity index (χ4n) is 7.56. The fraction of sp³-hybridized carbons (Fsp3) is 0.294. The van der Waals surface area contributed by atoms with Crippen LogP contribution in [-0.4, -0.2) is 56.2 Å². The summed E-state index contributed by atoms with van der Waals surface area (Å²) in [7, 11) is 2.95. The Morgan fingerprint density at radius 2 is 1.75 bits per heavy atom. The van der Waals surface area contributed by atoms with Gasteiger partial charge in [0.15, 0.2) is 0 Å². The van der Waals surface area contributed by atoms with E-state index in [1.54, 1.807) is 54.6 Å². The monoisotopic (exact) mass is 691 g/mol. The number of carbonyl (C=O) groups excluding carboxylic acids is 2. The Balaban J connectivity index is 1.51. The number of ether oxygens (including phenoxy) is 2. The van der Waals surface area contributed by atoms with Crippen molar-refractivity contribution in [3.05, 3.63) is 121 Å². The summed E-state index contributed by atoms with van der Waals surface area (Å²) in [6.45, 7) is -0.192. The molecule has 4 atom stereocenters. The molecule has 2 aliphatic heterocycles. The number of hydrogen-bond donors (Lipinski definition) is 2. The van der Waals surface area contributed by atoms with E-state index in [0.29, 0.717) is 38.9 Å². The van der Waals surface area contributed by atoms with Crippen molar-refractivity contribution in [2.75, 3.05) is 25.7 Å². The Kier molecular flexibility index (Phi) is 7.97. The van der Waals surface area contributed by atoms with Crippen LogP contribution in [0.4, 0.5) is 5.69 Å². The molecular weight excluding hydrogens is 661 g/mol. The van der Waals surface area contributed by atoms with Crippen LogP contribution in [0.15, 0.2) is 88.0 Å². The largest absolute Gasteiger partial charge is 0.497 e. The summed E-state index contributed by atoms with van der Waals surface area (Å²) >= 11 is 12.6. The molecule has 12 nitrogen and oxygen atoms in total. The zero-order valence-electron chi connectivity index (χ0n) is 25.9. The van der Waals surface area contributed by atoms with Crippen molar-refractivity contribution in [1.82, 2.24) is 18.9 Å². The van der Waals surface area contributed by atoms with Crippen LogP contribution in [0.1, 0.15) is 29.5 Å². The van der Waals surface area contributed by atoms with E-state index in [2.05, 4.69) is 5.43 Å². The number of carbonyl (C=O) groups is 2. The Hall–Kier alpha value is -4.78. The summed E-state index contributed by atoms with van der Waals surface area (Å²) in [4.78, 5) is 56.7. The van der Waals surface area contributed by atoms with E-state index in [1.165, 1.54) is 29.6 Å². The van der Waals surface area contributed by atoms with E-state index >= 15 is 4.79 Å². The number of para-hydroxylation sites is 1. The van der Waals surface area contributed by atoms with E-state index in [-0.39, 0.29) is 31.2 Å². The third-order valence-electron chi connectivity index (χ3n) is 9.61. The van der Waals surface area contributed by atoms with Gasteiger partial charge < -0.3 is 14.6 Å². The molecule has 2 N–H and O–H groups in total. The second-order valence-corrected chi connectivity index (χ2v) is 12.8. The van der Waals surface area contributed by atoms with Crippen LogP contribution in [-0.2, 0) is 28.6 Å². The SMILES string of the molecule is COc1ccc([C@@]23C(=O)N(Nc4ccc(Cl)cc4Cl)C(=O)[C@@H]2C[C@@H]2C(=CCn4c(=O)n(C)c(=O)n42)[C@@H]3c2ccccc2OCCO)cc1. The Bertz CT molecular complexity index is 2100. The second-order valence-electron chi connectivity index (χ2n) is 11.9. The van der Waals surface area contributed by atoms with Gasteiger partial charge in [0.25, 0.3) is 11.8 Å². The highest BCUT2D eigenvalue weighted by Gasteiger charge is 2.69. The highest BCUT2D eigenvalue weighted by atomic mass is 35.5. The van der Waals surface area contributed by atoms with E-state index in [9.17, 15) is 19.5 Å². The number of anilines is 1. The van der Waals surface area contributed by atoms with Crippen molar-refractivity contribution in [3.63, 3.8) is 0 Å². The predicted octanol–water partition coefficient (Wildman–Crippen LogP) is 3.65. The number of methoxy groups -OCH3 is 1. The molecule has 7 rings (SSSR count). The van der Waals surface area contributed by atoms with Gasteiger partial charge in [-0.2, -0.15) is 5.01 Å². The Morgan fingerprint density at radius 3 is 2.46 bits per heavy atom. The maximum absolute atomic E-state index is 15.3. The minimum atomic E-state index is -1.56. The number of nitrogens with zero attached hydrogens (tertiary/aromatic N) is 4. The third kappa shape index (κ3) is 4.61. The number of hydrogen-bond acceptors (Lipinski definition) is 8. The van der Waals surface area contributed by atoms with Gasteiger partial charge in [-0.3, -0.25) is 15.0 Å². The van der Waals surface area contributed by atoms with E-state index in [0.717, 1.165) is 9.58 Å². The van der Waals surface area contributed by atoms with E-state index < -0.39 is 46.5 Å². The van der Waals surface area contributed by atoms with Crippen molar-refractivity contribution >= 4 is 40.7 Å². The first-order chi connectivity index (χ1) is 23.1. The first kappa shape index (κ1) is 31.8. The number of amides is 2. The zero-order chi connectivity index (χ0) is 33.9. The molecule has 248 valence electrons. The summed E-state index contributed by atoms with van der Waals surface area (Å²) in [5, 5.41) is 11.2. The fourth-order valence-corrected chi connectivity index (χ4v) is 8.02. The average Bonchev–Trinajstić information content (AvgIpc) is 3.45. The molecule has 3 aliphatic rings. The van der Waals surface area contributed by atoms with Crippen LogP contribution >= 0.6 is 23.2 Å². The topological polar surface area (TPSA) is 137 Å². The number of aromatic nitrogens is 3. The molecule has 2 fully saturated rings. The number of nitrogens with one attached hydrogen (secondary N) is 1. The third-order valence-corrected chi connectivity index (χ3v) is 10.2.